The molecule has 1 amide bonds. The van der Waals surface area contributed by atoms with Crippen LogP contribution in [0.4, 0.5) is 4.79 Å². The third-order valence-electron chi connectivity index (χ3n) is 4.45. The van der Waals surface area contributed by atoms with Gasteiger partial charge < -0.3 is 10.1 Å². The van der Waals surface area contributed by atoms with E-state index in [1.807, 2.05) is 40.7 Å². The van der Waals surface area contributed by atoms with Gasteiger partial charge in [-0.3, -0.25) is 4.98 Å². The Morgan fingerprint density at radius 2 is 1.93 bits per heavy atom. The van der Waals surface area contributed by atoms with Crippen molar-refractivity contribution in [2.45, 2.75) is 76.5 Å². The Balaban J connectivity index is 1.98. The van der Waals surface area contributed by atoms with Crippen LogP contribution in [0, 0.1) is 0 Å². The summed E-state index contributed by atoms with van der Waals surface area (Å²) in [6.45, 7) is 9.24. The lowest BCUT2D eigenvalue weighted by Crippen LogP contribution is -2.40. The van der Waals surface area contributed by atoms with E-state index in [1.54, 1.807) is 30.6 Å². The third kappa shape index (κ3) is 6.97. The summed E-state index contributed by atoms with van der Waals surface area (Å²) in [7, 11) is -3.68. The number of carbonyl (C=O) groups excluding carboxylic acids is 1. The maximum Gasteiger partial charge on any atom is 0.407 e. The van der Waals surface area contributed by atoms with Crippen molar-refractivity contribution in [3.05, 3.63) is 36.7 Å². The second-order valence-electron chi connectivity index (χ2n) is 8.20. The number of rotatable bonds is 8. The first-order valence-corrected chi connectivity index (χ1v) is 11.3. The van der Waals surface area contributed by atoms with Crippen LogP contribution in [0.5, 0.6) is 0 Å². The predicted octanol–water partition coefficient (Wildman–Crippen LogP) is 3.99. The minimum Gasteiger partial charge on any atom is -0.444 e. The zero-order chi connectivity index (χ0) is 21.7. The van der Waals surface area contributed by atoms with E-state index in [2.05, 4.69) is 15.0 Å². The predicted molar refractivity (Wildman–Crippen MR) is 114 cm³/mol. The molecule has 7 nitrogen and oxygen atoms in total. The largest absolute Gasteiger partial charge is 0.444 e. The van der Waals surface area contributed by atoms with E-state index in [4.69, 9.17) is 4.74 Å². The SMILES string of the molecule is CC[C@@H](CC[C@H](C)NS(=O)(=O)c1cccc2cnccc12)NC(=O)OC(C)(C)C. The van der Waals surface area contributed by atoms with Gasteiger partial charge in [0.1, 0.15) is 5.60 Å². The average Bonchev–Trinajstić information content (AvgIpc) is 2.62. The van der Waals surface area contributed by atoms with Crippen LogP contribution in [0.2, 0.25) is 0 Å². The molecular weight excluding hydrogens is 390 g/mol. The Hall–Kier alpha value is -2.19. The zero-order valence-corrected chi connectivity index (χ0v) is 18.5. The number of benzene rings is 1. The highest BCUT2D eigenvalue weighted by atomic mass is 32.2. The molecule has 8 heteroatoms. The normalized spacial score (nSPS) is 14.4. The van der Waals surface area contributed by atoms with Gasteiger partial charge in [-0.1, -0.05) is 19.1 Å². The topological polar surface area (TPSA) is 97.4 Å². The fourth-order valence-electron chi connectivity index (χ4n) is 3.02. The van der Waals surface area contributed by atoms with Crippen molar-refractivity contribution >= 4 is 26.9 Å². The molecular formula is C21H31N3O4S. The maximum atomic E-state index is 12.9. The van der Waals surface area contributed by atoms with Gasteiger partial charge in [-0.2, -0.15) is 0 Å². The van der Waals surface area contributed by atoms with Crippen molar-refractivity contribution < 1.29 is 17.9 Å². The van der Waals surface area contributed by atoms with E-state index >= 15 is 0 Å². The van der Waals surface area contributed by atoms with Crippen molar-refractivity contribution in [2.75, 3.05) is 0 Å². The summed E-state index contributed by atoms with van der Waals surface area (Å²) in [5, 5.41) is 4.26. The summed E-state index contributed by atoms with van der Waals surface area (Å²) in [6, 6.07) is 6.47. The van der Waals surface area contributed by atoms with Crippen molar-refractivity contribution in [1.82, 2.24) is 15.0 Å². The lowest BCUT2D eigenvalue weighted by Gasteiger charge is -2.24. The number of pyridine rings is 1. The highest BCUT2D eigenvalue weighted by Gasteiger charge is 2.22. The molecule has 0 saturated carbocycles. The molecule has 0 aliphatic carbocycles. The number of alkyl carbamates (subject to hydrolysis) is 1. The zero-order valence-electron chi connectivity index (χ0n) is 17.7. The van der Waals surface area contributed by atoms with Gasteiger partial charge in [0, 0.05) is 35.2 Å². The van der Waals surface area contributed by atoms with E-state index in [9.17, 15) is 13.2 Å². The Labute approximate surface area is 173 Å². The van der Waals surface area contributed by atoms with Crippen molar-refractivity contribution in [1.29, 1.82) is 0 Å². The van der Waals surface area contributed by atoms with Crippen molar-refractivity contribution in [3.8, 4) is 0 Å². The molecule has 0 unspecified atom stereocenters. The number of nitrogens with one attached hydrogen (secondary N) is 2. The smallest absolute Gasteiger partial charge is 0.407 e. The molecule has 2 atom stereocenters. The van der Waals surface area contributed by atoms with Crippen LogP contribution in [0.25, 0.3) is 10.8 Å². The van der Waals surface area contributed by atoms with Crippen LogP contribution >= 0.6 is 0 Å². The molecule has 2 rings (SSSR count). The molecule has 0 radical (unpaired) electrons. The molecule has 0 aliphatic heterocycles. The first-order valence-electron chi connectivity index (χ1n) is 9.86. The molecule has 1 heterocycles. The molecule has 0 saturated heterocycles. The molecule has 160 valence electrons. The lowest BCUT2D eigenvalue weighted by molar-refractivity contribution is 0.0499. The molecule has 2 N–H and O–H groups in total. The van der Waals surface area contributed by atoms with E-state index in [0.717, 1.165) is 11.8 Å². The minimum absolute atomic E-state index is 0.0829. The van der Waals surface area contributed by atoms with E-state index in [0.29, 0.717) is 18.2 Å². The standard InChI is InChI=1S/C21H31N3O4S/c1-6-17(23-20(25)28-21(3,4)5)11-10-15(2)24-29(26,27)19-9-7-8-16-14-22-13-12-18(16)19/h7-9,12-15,17,24H,6,10-11H2,1-5H3,(H,23,25)/t15-,17-/m0/s1. The summed E-state index contributed by atoms with van der Waals surface area (Å²) in [6.07, 6.45) is 4.72. The van der Waals surface area contributed by atoms with E-state index < -0.39 is 21.7 Å². The number of hydrogen-bond donors (Lipinski definition) is 2. The monoisotopic (exact) mass is 421 g/mol. The van der Waals surface area contributed by atoms with Crippen LogP contribution < -0.4 is 10.0 Å². The summed E-state index contributed by atoms with van der Waals surface area (Å²) < 4.78 is 33.8. The molecule has 0 fully saturated rings. The van der Waals surface area contributed by atoms with Crippen LogP contribution in [0.1, 0.15) is 53.9 Å². The first kappa shape index (κ1) is 23.1. The van der Waals surface area contributed by atoms with Gasteiger partial charge in [0.05, 0.1) is 4.90 Å². The van der Waals surface area contributed by atoms with Gasteiger partial charge in [-0.25, -0.2) is 17.9 Å². The average molecular weight is 422 g/mol. The molecule has 1 aromatic heterocycles. The number of hydrogen-bond acceptors (Lipinski definition) is 5. The molecule has 29 heavy (non-hydrogen) atoms. The van der Waals surface area contributed by atoms with E-state index in [1.165, 1.54) is 0 Å². The van der Waals surface area contributed by atoms with Crippen LogP contribution in [0.3, 0.4) is 0 Å². The van der Waals surface area contributed by atoms with Gasteiger partial charge in [0.15, 0.2) is 0 Å². The molecule has 2 aromatic rings. The summed E-state index contributed by atoms with van der Waals surface area (Å²) in [4.78, 5) is 16.2. The maximum absolute atomic E-state index is 12.9. The third-order valence-corrected chi connectivity index (χ3v) is 6.10. The number of amides is 1. The first-order chi connectivity index (χ1) is 13.5. The number of fused-ring (bicyclic) bond motifs is 1. The molecule has 0 spiro atoms. The number of aromatic nitrogens is 1. The van der Waals surface area contributed by atoms with Gasteiger partial charge in [0.2, 0.25) is 10.0 Å². The molecule has 0 bridgehead atoms. The van der Waals surface area contributed by atoms with Gasteiger partial charge in [0.25, 0.3) is 0 Å². The fraction of sp³-hybridized carbons (Fsp3) is 0.524. The summed E-state index contributed by atoms with van der Waals surface area (Å²) in [5.41, 5.74) is -0.556. The van der Waals surface area contributed by atoms with Crippen LogP contribution in [0.15, 0.2) is 41.6 Å². The second-order valence-corrected chi connectivity index (χ2v) is 9.89. The molecule has 0 aliphatic rings. The van der Waals surface area contributed by atoms with Crippen LogP contribution in [-0.2, 0) is 14.8 Å². The number of sulfonamides is 1. The minimum atomic E-state index is -3.68. The molecule has 1 aromatic carbocycles. The number of nitrogens with zero attached hydrogens (tertiary/aromatic N) is 1. The Morgan fingerprint density at radius 3 is 2.59 bits per heavy atom. The van der Waals surface area contributed by atoms with Crippen molar-refractivity contribution in [3.63, 3.8) is 0 Å². The van der Waals surface area contributed by atoms with Crippen LogP contribution in [-0.4, -0.2) is 37.2 Å². The lowest BCUT2D eigenvalue weighted by atomic mass is 10.1. The Kier molecular flexibility index (Phi) is 7.60. The second kappa shape index (κ2) is 9.54. The number of carbonyl (C=O) groups is 1. The Bertz CT molecular complexity index is 933. The highest BCUT2D eigenvalue weighted by molar-refractivity contribution is 7.89. The number of ether oxygens (including phenoxy) is 1. The van der Waals surface area contributed by atoms with Gasteiger partial charge in [-0.15, -0.1) is 0 Å². The Morgan fingerprint density at radius 1 is 1.21 bits per heavy atom. The van der Waals surface area contributed by atoms with Gasteiger partial charge >= 0.3 is 6.09 Å². The summed E-state index contributed by atoms with van der Waals surface area (Å²) >= 11 is 0. The van der Waals surface area contributed by atoms with E-state index in [-0.39, 0.29) is 17.0 Å². The summed E-state index contributed by atoms with van der Waals surface area (Å²) in [5.74, 6) is 0. The fourth-order valence-corrected chi connectivity index (χ4v) is 4.53. The highest BCUT2D eigenvalue weighted by Crippen LogP contribution is 2.22. The van der Waals surface area contributed by atoms with Gasteiger partial charge in [-0.05, 0) is 59.1 Å². The van der Waals surface area contributed by atoms with Crippen molar-refractivity contribution in [2.24, 2.45) is 0 Å². The quantitative estimate of drug-likeness (QED) is 0.672.